The van der Waals surface area contributed by atoms with Gasteiger partial charge in [-0.25, -0.2) is 4.79 Å². The van der Waals surface area contributed by atoms with E-state index in [4.69, 9.17) is 14.6 Å². The summed E-state index contributed by atoms with van der Waals surface area (Å²) < 4.78 is 10.1. The summed E-state index contributed by atoms with van der Waals surface area (Å²) in [5.41, 5.74) is 0. The van der Waals surface area contributed by atoms with Crippen LogP contribution in [0.1, 0.15) is 13.8 Å². The van der Waals surface area contributed by atoms with Crippen LogP contribution in [-0.4, -0.2) is 67.1 Å². The molecule has 7 nitrogen and oxygen atoms in total. The molecule has 1 aliphatic rings. The van der Waals surface area contributed by atoms with E-state index in [1.54, 1.807) is 6.92 Å². The lowest BCUT2D eigenvalue weighted by molar-refractivity contribution is -0.141. The lowest BCUT2D eigenvalue weighted by atomic mass is 10.2. The third-order valence-electron chi connectivity index (χ3n) is 2.51. The van der Waals surface area contributed by atoms with Crippen molar-refractivity contribution in [2.45, 2.75) is 26.1 Å². The van der Waals surface area contributed by atoms with Crippen LogP contribution in [0, 0.1) is 0 Å². The largest absolute Gasteiger partial charge is 0.465 e. The monoisotopic (exact) mass is 260 g/mol. The molecule has 1 heterocycles. The van der Waals surface area contributed by atoms with Gasteiger partial charge in [0.15, 0.2) is 0 Å². The van der Waals surface area contributed by atoms with Crippen molar-refractivity contribution >= 4 is 12.0 Å². The summed E-state index contributed by atoms with van der Waals surface area (Å²) in [6.45, 7) is 4.29. The number of aliphatic hydroxyl groups is 1. The van der Waals surface area contributed by atoms with Crippen molar-refractivity contribution in [3.8, 4) is 0 Å². The number of ether oxygens (including phenoxy) is 2. The van der Waals surface area contributed by atoms with E-state index in [2.05, 4.69) is 5.32 Å². The van der Waals surface area contributed by atoms with Crippen molar-refractivity contribution in [1.29, 1.82) is 0 Å². The summed E-state index contributed by atoms with van der Waals surface area (Å²) in [6, 6.07) is -0.350. The van der Waals surface area contributed by atoms with Crippen LogP contribution >= 0.6 is 0 Å². The number of hydrogen-bond donors (Lipinski definition) is 2. The van der Waals surface area contributed by atoms with Gasteiger partial charge in [0.1, 0.15) is 6.54 Å². The molecule has 0 spiro atoms. The van der Waals surface area contributed by atoms with Crippen LogP contribution in [0.5, 0.6) is 0 Å². The van der Waals surface area contributed by atoms with Crippen LogP contribution in [-0.2, 0) is 14.3 Å². The highest BCUT2D eigenvalue weighted by Gasteiger charge is 2.28. The number of aliphatic hydroxyl groups excluding tert-OH is 1. The average molecular weight is 260 g/mol. The highest BCUT2D eigenvalue weighted by atomic mass is 16.5. The Morgan fingerprint density at radius 2 is 2.22 bits per heavy atom. The van der Waals surface area contributed by atoms with E-state index < -0.39 is 5.97 Å². The number of amides is 2. The molecular formula is C11H20N2O5. The molecule has 0 radical (unpaired) electrons. The molecule has 0 aromatic carbocycles. The van der Waals surface area contributed by atoms with E-state index in [0.717, 1.165) is 0 Å². The Labute approximate surface area is 106 Å². The summed E-state index contributed by atoms with van der Waals surface area (Å²) in [6.07, 6.45) is -0.508. The van der Waals surface area contributed by atoms with E-state index in [1.807, 2.05) is 6.92 Å². The number of morpholine rings is 1. The molecule has 2 atom stereocenters. The predicted molar refractivity (Wildman–Crippen MR) is 63.0 cm³/mol. The first-order valence-corrected chi connectivity index (χ1v) is 6.01. The highest BCUT2D eigenvalue weighted by molar-refractivity contribution is 5.80. The molecule has 1 saturated heterocycles. The zero-order chi connectivity index (χ0) is 13.5. The molecule has 0 aliphatic carbocycles. The number of nitrogens with zero attached hydrogens (tertiary/aromatic N) is 1. The van der Waals surface area contributed by atoms with Crippen LogP contribution in [0.15, 0.2) is 0 Å². The number of carbonyl (C=O) groups is 2. The van der Waals surface area contributed by atoms with Crippen molar-refractivity contribution in [3.05, 3.63) is 0 Å². The van der Waals surface area contributed by atoms with E-state index in [0.29, 0.717) is 13.1 Å². The summed E-state index contributed by atoms with van der Waals surface area (Å²) in [5.74, 6) is -0.467. The SMILES string of the molecule is CCOC(=O)CNC(=O)N1CC(C)OC(CO)C1. The van der Waals surface area contributed by atoms with Crippen molar-refractivity contribution in [3.63, 3.8) is 0 Å². The number of hydrogen-bond acceptors (Lipinski definition) is 5. The Balaban J connectivity index is 2.38. The van der Waals surface area contributed by atoms with Gasteiger partial charge in [-0.05, 0) is 13.8 Å². The molecule has 18 heavy (non-hydrogen) atoms. The smallest absolute Gasteiger partial charge is 0.325 e. The molecule has 7 heteroatoms. The van der Waals surface area contributed by atoms with E-state index in [9.17, 15) is 9.59 Å². The fourth-order valence-corrected chi connectivity index (χ4v) is 1.78. The fraction of sp³-hybridized carbons (Fsp3) is 0.818. The van der Waals surface area contributed by atoms with Crippen LogP contribution in [0.25, 0.3) is 0 Å². The Bertz CT molecular complexity index is 297. The van der Waals surface area contributed by atoms with Crippen LogP contribution < -0.4 is 5.32 Å². The molecule has 2 unspecified atom stereocenters. The van der Waals surface area contributed by atoms with Crippen molar-refractivity contribution in [2.24, 2.45) is 0 Å². The van der Waals surface area contributed by atoms with Gasteiger partial charge in [0.05, 0.1) is 32.0 Å². The molecule has 1 fully saturated rings. The Kier molecular flexibility index (Phi) is 5.87. The lowest BCUT2D eigenvalue weighted by Crippen LogP contribution is -2.53. The standard InChI is InChI=1S/C11H20N2O5/c1-3-17-10(15)4-12-11(16)13-5-8(2)18-9(6-13)7-14/h8-9,14H,3-7H2,1-2H3,(H,12,16). The van der Waals surface area contributed by atoms with Crippen molar-refractivity contribution in [1.82, 2.24) is 10.2 Å². The van der Waals surface area contributed by atoms with Crippen LogP contribution in [0.4, 0.5) is 4.79 Å². The Morgan fingerprint density at radius 1 is 1.50 bits per heavy atom. The van der Waals surface area contributed by atoms with Gasteiger partial charge < -0.3 is 24.8 Å². The first-order chi connectivity index (χ1) is 8.56. The van der Waals surface area contributed by atoms with E-state index >= 15 is 0 Å². The third kappa shape index (κ3) is 4.50. The normalized spacial score (nSPS) is 23.6. The minimum atomic E-state index is -0.467. The van der Waals surface area contributed by atoms with Crippen molar-refractivity contribution < 1.29 is 24.2 Å². The predicted octanol–water partition coefficient (Wildman–Crippen LogP) is -0.659. The van der Waals surface area contributed by atoms with Crippen LogP contribution in [0.2, 0.25) is 0 Å². The zero-order valence-electron chi connectivity index (χ0n) is 10.7. The molecule has 0 aromatic heterocycles. The molecule has 104 valence electrons. The number of urea groups is 1. The number of nitrogens with one attached hydrogen (secondary N) is 1. The van der Waals surface area contributed by atoms with Gasteiger partial charge in [0.2, 0.25) is 0 Å². The van der Waals surface area contributed by atoms with Gasteiger partial charge in [0.25, 0.3) is 0 Å². The first kappa shape index (κ1) is 14.7. The second kappa shape index (κ2) is 7.17. The molecule has 0 bridgehead atoms. The molecule has 0 saturated carbocycles. The third-order valence-corrected chi connectivity index (χ3v) is 2.51. The summed E-state index contributed by atoms with van der Waals surface area (Å²) in [5, 5.41) is 11.5. The molecular weight excluding hydrogens is 240 g/mol. The lowest BCUT2D eigenvalue weighted by Gasteiger charge is -2.35. The molecule has 1 aliphatic heterocycles. The number of rotatable bonds is 4. The number of esters is 1. The van der Waals surface area contributed by atoms with Crippen molar-refractivity contribution in [2.75, 3.05) is 32.8 Å². The van der Waals surface area contributed by atoms with Gasteiger partial charge in [-0.15, -0.1) is 0 Å². The Morgan fingerprint density at radius 3 is 2.83 bits per heavy atom. The molecule has 1 rings (SSSR count). The van der Waals surface area contributed by atoms with E-state index in [1.165, 1.54) is 4.90 Å². The molecule has 2 N–H and O–H groups in total. The summed E-state index contributed by atoms with van der Waals surface area (Å²) in [4.78, 5) is 24.4. The average Bonchev–Trinajstić information content (AvgIpc) is 2.35. The number of carbonyl (C=O) groups excluding carboxylic acids is 2. The summed E-state index contributed by atoms with van der Waals surface area (Å²) >= 11 is 0. The molecule has 0 aromatic rings. The fourth-order valence-electron chi connectivity index (χ4n) is 1.78. The first-order valence-electron chi connectivity index (χ1n) is 6.01. The second-order valence-corrected chi connectivity index (χ2v) is 4.12. The maximum atomic E-state index is 11.8. The van der Waals surface area contributed by atoms with Gasteiger partial charge in [0, 0.05) is 6.54 Å². The van der Waals surface area contributed by atoms with Gasteiger partial charge in [-0.1, -0.05) is 0 Å². The summed E-state index contributed by atoms with van der Waals surface area (Å²) in [7, 11) is 0. The maximum Gasteiger partial charge on any atom is 0.325 e. The zero-order valence-corrected chi connectivity index (χ0v) is 10.7. The Hall–Kier alpha value is -1.34. The minimum Gasteiger partial charge on any atom is -0.465 e. The molecule has 2 amide bonds. The van der Waals surface area contributed by atoms with Gasteiger partial charge in [-0.3, -0.25) is 4.79 Å². The van der Waals surface area contributed by atoms with Gasteiger partial charge in [-0.2, -0.15) is 0 Å². The van der Waals surface area contributed by atoms with Crippen LogP contribution in [0.3, 0.4) is 0 Å². The second-order valence-electron chi connectivity index (χ2n) is 4.12. The minimum absolute atomic E-state index is 0.133. The van der Waals surface area contributed by atoms with E-state index in [-0.39, 0.29) is 38.0 Å². The van der Waals surface area contributed by atoms with Gasteiger partial charge >= 0.3 is 12.0 Å². The maximum absolute atomic E-state index is 11.8. The topological polar surface area (TPSA) is 88.1 Å². The highest BCUT2D eigenvalue weighted by Crippen LogP contribution is 2.10. The quantitative estimate of drug-likeness (QED) is 0.655.